The Morgan fingerprint density at radius 2 is 1.89 bits per heavy atom. The number of aromatic nitrogens is 1. The Morgan fingerprint density at radius 3 is 2.59 bits per heavy atom. The lowest BCUT2D eigenvalue weighted by atomic mass is 10.2. The van der Waals surface area contributed by atoms with Crippen LogP contribution in [0.3, 0.4) is 0 Å². The average molecular weight is 410 g/mol. The third-order valence-electron chi connectivity index (χ3n) is 5.08. The van der Waals surface area contributed by atoms with Crippen LogP contribution in [0.5, 0.6) is 5.75 Å². The van der Waals surface area contributed by atoms with Crippen LogP contribution in [-0.4, -0.2) is 49.2 Å². The first kappa shape index (κ1) is 22.0. The van der Waals surface area contributed by atoms with Crippen molar-refractivity contribution in [1.29, 1.82) is 0 Å². The van der Waals surface area contributed by atoms with Gasteiger partial charge in [0.2, 0.25) is 0 Å². The molecule has 4 nitrogen and oxygen atoms in total. The third-order valence-corrected chi connectivity index (χ3v) is 6.08. The first-order valence-corrected chi connectivity index (χ1v) is 10.7. The van der Waals surface area contributed by atoms with E-state index in [4.69, 9.17) is 4.74 Å². The molecule has 0 aliphatic carbocycles. The fraction of sp³-hybridized carbons (Fsp3) is 0.571. The third kappa shape index (κ3) is 6.37. The maximum Gasteiger partial charge on any atom is 0.142 e. The van der Waals surface area contributed by atoms with Crippen LogP contribution in [0.4, 0.5) is 5.69 Å². The van der Waals surface area contributed by atoms with Gasteiger partial charge in [0.15, 0.2) is 0 Å². The van der Waals surface area contributed by atoms with Gasteiger partial charge in [-0.15, -0.1) is 23.7 Å². The van der Waals surface area contributed by atoms with Crippen LogP contribution in [-0.2, 0) is 6.42 Å². The van der Waals surface area contributed by atoms with Crippen LogP contribution in [0.15, 0.2) is 29.8 Å². The van der Waals surface area contributed by atoms with Gasteiger partial charge in [-0.3, -0.25) is 4.90 Å². The largest absolute Gasteiger partial charge is 0.491 e. The number of rotatable bonds is 9. The number of piperazine rings is 1. The molecule has 150 valence electrons. The molecule has 0 atom stereocenters. The van der Waals surface area contributed by atoms with Gasteiger partial charge >= 0.3 is 0 Å². The van der Waals surface area contributed by atoms with E-state index in [9.17, 15) is 0 Å². The SMILES string of the molecule is CCCCCOc1ccccc1N1CCN(CCc2scnc2C)CC1.Cl. The fourth-order valence-corrected chi connectivity index (χ4v) is 4.18. The van der Waals surface area contributed by atoms with E-state index in [2.05, 4.69) is 52.9 Å². The number of thiazole rings is 1. The second-order valence-electron chi connectivity index (χ2n) is 6.96. The van der Waals surface area contributed by atoms with Gasteiger partial charge in [0.25, 0.3) is 0 Å². The Kier molecular flexibility index (Phi) is 9.39. The van der Waals surface area contributed by atoms with E-state index in [0.29, 0.717) is 0 Å². The lowest BCUT2D eigenvalue weighted by Gasteiger charge is -2.36. The van der Waals surface area contributed by atoms with Crippen LogP contribution < -0.4 is 9.64 Å². The second kappa shape index (κ2) is 11.5. The van der Waals surface area contributed by atoms with Crippen molar-refractivity contribution in [2.24, 2.45) is 0 Å². The summed E-state index contributed by atoms with van der Waals surface area (Å²) < 4.78 is 6.07. The monoisotopic (exact) mass is 409 g/mol. The average Bonchev–Trinajstić information content (AvgIpc) is 3.09. The molecule has 0 spiro atoms. The summed E-state index contributed by atoms with van der Waals surface area (Å²) in [5, 5.41) is 0. The van der Waals surface area contributed by atoms with Crippen molar-refractivity contribution in [3.05, 3.63) is 40.3 Å². The molecule has 2 aromatic rings. The number of hydrogen-bond donors (Lipinski definition) is 0. The molecule has 27 heavy (non-hydrogen) atoms. The van der Waals surface area contributed by atoms with E-state index in [1.165, 1.54) is 29.1 Å². The highest BCUT2D eigenvalue weighted by atomic mass is 35.5. The standard InChI is InChI=1S/C21H31N3OS.ClH/c1-3-4-7-16-25-20-9-6-5-8-19(20)24-14-12-23(13-15-24)11-10-21-18(2)22-17-26-21;/h5-6,8-9,17H,3-4,7,10-16H2,1-2H3;1H. The van der Waals surface area contributed by atoms with Gasteiger partial charge in [0, 0.05) is 37.6 Å². The van der Waals surface area contributed by atoms with Crippen LogP contribution in [0, 0.1) is 6.92 Å². The van der Waals surface area contributed by atoms with Crippen molar-refractivity contribution in [3.63, 3.8) is 0 Å². The minimum absolute atomic E-state index is 0. The van der Waals surface area contributed by atoms with E-state index >= 15 is 0 Å². The quantitative estimate of drug-likeness (QED) is 0.556. The Balaban J connectivity index is 0.00000261. The number of benzene rings is 1. The minimum Gasteiger partial charge on any atom is -0.491 e. The zero-order valence-electron chi connectivity index (χ0n) is 16.5. The zero-order valence-corrected chi connectivity index (χ0v) is 18.2. The number of hydrogen-bond acceptors (Lipinski definition) is 5. The van der Waals surface area contributed by atoms with Crippen molar-refractivity contribution in [3.8, 4) is 5.75 Å². The Labute approximate surface area is 174 Å². The molecule has 1 aliphatic heterocycles. The maximum atomic E-state index is 6.07. The lowest BCUT2D eigenvalue weighted by molar-refractivity contribution is 0.259. The maximum absolute atomic E-state index is 6.07. The molecule has 0 unspecified atom stereocenters. The molecule has 0 bridgehead atoms. The number of nitrogens with zero attached hydrogens (tertiary/aromatic N) is 3. The van der Waals surface area contributed by atoms with E-state index < -0.39 is 0 Å². The molecule has 1 aromatic heterocycles. The predicted molar refractivity (Wildman–Crippen MR) is 118 cm³/mol. The highest BCUT2D eigenvalue weighted by Gasteiger charge is 2.19. The summed E-state index contributed by atoms with van der Waals surface area (Å²) in [6.07, 6.45) is 4.72. The van der Waals surface area contributed by atoms with Gasteiger partial charge in [-0.2, -0.15) is 0 Å². The molecule has 2 heterocycles. The van der Waals surface area contributed by atoms with E-state index in [-0.39, 0.29) is 12.4 Å². The smallest absolute Gasteiger partial charge is 0.142 e. The van der Waals surface area contributed by atoms with Crippen molar-refractivity contribution in [2.45, 2.75) is 39.5 Å². The zero-order chi connectivity index (χ0) is 18.2. The van der Waals surface area contributed by atoms with Crippen LogP contribution in [0.1, 0.15) is 36.8 Å². The molecule has 0 amide bonds. The van der Waals surface area contributed by atoms with Crippen molar-refractivity contribution < 1.29 is 4.74 Å². The molecule has 6 heteroatoms. The van der Waals surface area contributed by atoms with Gasteiger partial charge in [0.1, 0.15) is 5.75 Å². The number of anilines is 1. The van der Waals surface area contributed by atoms with Crippen molar-refractivity contribution >= 4 is 29.4 Å². The molecule has 3 rings (SSSR count). The number of para-hydroxylation sites is 2. The van der Waals surface area contributed by atoms with Crippen LogP contribution in [0.25, 0.3) is 0 Å². The first-order valence-electron chi connectivity index (χ1n) is 9.86. The number of halogens is 1. The normalized spacial score (nSPS) is 14.8. The summed E-state index contributed by atoms with van der Waals surface area (Å²) >= 11 is 1.78. The second-order valence-corrected chi connectivity index (χ2v) is 7.90. The summed E-state index contributed by atoms with van der Waals surface area (Å²) in [5.41, 5.74) is 4.41. The van der Waals surface area contributed by atoms with Gasteiger partial charge in [-0.1, -0.05) is 31.9 Å². The Morgan fingerprint density at radius 1 is 1.11 bits per heavy atom. The highest BCUT2D eigenvalue weighted by Crippen LogP contribution is 2.29. The number of ether oxygens (including phenoxy) is 1. The molecular weight excluding hydrogens is 378 g/mol. The summed E-state index contributed by atoms with van der Waals surface area (Å²) in [6, 6.07) is 8.51. The molecule has 1 aliphatic rings. The van der Waals surface area contributed by atoms with Crippen LogP contribution in [0.2, 0.25) is 0 Å². The van der Waals surface area contributed by atoms with Crippen molar-refractivity contribution in [1.82, 2.24) is 9.88 Å². The van der Waals surface area contributed by atoms with Crippen LogP contribution >= 0.6 is 23.7 Å². The molecule has 0 saturated carbocycles. The molecule has 1 aromatic carbocycles. The minimum atomic E-state index is 0. The summed E-state index contributed by atoms with van der Waals surface area (Å²) in [5.74, 6) is 1.04. The molecular formula is C21H32ClN3OS. The van der Waals surface area contributed by atoms with E-state index in [1.54, 1.807) is 11.3 Å². The predicted octanol–water partition coefficient (Wildman–Crippen LogP) is 4.81. The summed E-state index contributed by atoms with van der Waals surface area (Å²) in [6.45, 7) is 10.6. The Hall–Kier alpha value is -1.30. The van der Waals surface area contributed by atoms with E-state index in [0.717, 1.165) is 57.9 Å². The highest BCUT2D eigenvalue weighted by molar-refractivity contribution is 7.09. The molecule has 0 N–H and O–H groups in total. The van der Waals surface area contributed by atoms with Gasteiger partial charge in [0.05, 0.1) is 23.5 Å². The molecule has 0 radical (unpaired) electrons. The molecule has 1 saturated heterocycles. The van der Waals surface area contributed by atoms with E-state index in [1.807, 2.05) is 5.51 Å². The summed E-state index contributed by atoms with van der Waals surface area (Å²) in [4.78, 5) is 10.8. The van der Waals surface area contributed by atoms with Gasteiger partial charge in [-0.25, -0.2) is 4.98 Å². The summed E-state index contributed by atoms with van der Waals surface area (Å²) in [7, 11) is 0. The number of aryl methyl sites for hydroxylation is 1. The number of unbranched alkanes of at least 4 members (excludes halogenated alkanes) is 2. The van der Waals surface area contributed by atoms with Gasteiger partial charge in [-0.05, 0) is 31.9 Å². The topological polar surface area (TPSA) is 28.6 Å². The van der Waals surface area contributed by atoms with Gasteiger partial charge < -0.3 is 9.64 Å². The molecule has 1 fully saturated rings. The Bertz CT molecular complexity index is 671. The lowest BCUT2D eigenvalue weighted by Crippen LogP contribution is -2.47. The first-order chi connectivity index (χ1) is 12.8. The fourth-order valence-electron chi connectivity index (χ4n) is 3.41. The van der Waals surface area contributed by atoms with Crippen molar-refractivity contribution in [2.75, 3.05) is 44.2 Å².